The fraction of sp³-hybridized carbons (Fsp3) is 0.412. The van der Waals surface area contributed by atoms with Crippen LogP contribution in [0.3, 0.4) is 0 Å². The fourth-order valence-electron chi connectivity index (χ4n) is 3.78. The van der Waals surface area contributed by atoms with Crippen molar-refractivity contribution in [2.24, 2.45) is 5.92 Å². The van der Waals surface area contributed by atoms with Crippen LogP contribution < -0.4 is 0 Å². The largest absolute Gasteiger partial charge is 0.393 e. The van der Waals surface area contributed by atoms with Gasteiger partial charge in [-0.15, -0.1) is 0 Å². The molecule has 0 fully saturated rings. The summed E-state index contributed by atoms with van der Waals surface area (Å²) in [6.45, 7) is 2.82. The number of likely N-dealkylation sites (N-methyl/N-ethyl adjacent to an activating group) is 1. The first-order chi connectivity index (χ1) is 9.65. The second-order valence-corrected chi connectivity index (χ2v) is 6.23. The van der Waals surface area contributed by atoms with Crippen LogP contribution in [0.2, 0.25) is 0 Å². The lowest BCUT2D eigenvalue weighted by Crippen LogP contribution is -2.44. The summed E-state index contributed by atoms with van der Waals surface area (Å²) in [5.74, 6) is 0.224. The molecule has 20 heavy (non-hydrogen) atoms. The molecule has 2 aromatic rings. The molecule has 0 radical (unpaired) electrons. The van der Waals surface area contributed by atoms with Gasteiger partial charge in [0.25, 0.3) is 0 Å². The van der Waals surface area contributed by atoms with E-state index in [-0.39, 0.29) is 12.0 Å². The van der Waals surface area contributed by atoms with Crippen molar-refractivity contribution in [3.05, 3.63) is 41.6 Å². The molecule has 0 bridgehead atoms. The summed E-state index contributed by atoms with van der Waals surface area (Å²) in [5, 5.41) is 11.3. The molecule has 1 aliphatic heterocycles. The topological polar surface area (TPSA) is 39.3 Å². The number of aromatic nitrogens is 1. The molecule has 3 nitrogen and oxygen atoms in total. The average Bonchev–Trinajstić information content (AvgIpc) is 2.84. The monoisotopic (exact) mass is 268 g/mol. The van der Waals surface area contributed by atoms with Gasteiger partial charge in [-0.25, -0.2) is 0 Å². The normalized spacial score (nSPS) is 27.2. The Balaban J connectivity index is 1.94. The summed E-state index contributed by atoms with van der Waals surface area (Å²) in [6, 6.07) is 6.92. The van der Waals surface area contributed by atoms with Crippen LogP contribution in [0.25, 0.3) is 16.5 Å². The van der Waals surface area contributed by atoms with Crippen LogP contribution in [0.4, 0.5) is 0 Å². The quantitative estimate of drug-likeness (QED) is 0.833. The van der Waals surface area contributed by atoms with Crippen LogP contribution in [-0.2, 0) is 6.42 Å². The Labute approximate surface area is 118 Å². The molecule has 0 saturated carbocycles. The van der Waals surface area contributed by atoms with E-state index in [1.54, 1.807) is 0 Å². The molecule has 1 aliphatic carbocycles. The molecule has 1 unspecified atom stereocenters. The van der Waals surface area contributed by atoms with Crippen LogP contribution in [0.5, 0.6) is 0 Å². The highest BCUT2D eigenvalue weighted by Crippen LogP contribution is 2.41. The minimum atomic E-state index is -0.294. The lowest BCUT2D eigenvalue weighted by Gasteiger charge is -2.40. The van der Waals surface area contributed by atoms with Crippen molar-refractivity contribution in [3.8, 4) is 0 Å². The number of hydrogen-bond donors (Lipinski definition) is 2. The molecular weight excluding hydrogens is 248 g/mol. The van der Waals surface area contributed by atoms with Gasteiger partial charge >= 0.3 is 0 Å². The van der Waals surface area contributed by atoms with Gasteiger partial charge in [-0.3, -0.25) is 4.90 Å². The highest BCUT2D eigenvalue weighted by Gasteiger charge is 2.34. The molecule has 2 aliphatic rings. The van der Waals surface area contributed by atoms with Crippen molar-refractivity contribution in [1.29, 1.82) is 0 Å². The third kappa shape index (κ3) is 1.60. The van der Waals surface area contributed by atoms with E-state index in [1.165, 1.54) is 27.6 Å². The van der Waals surface area contributed by atoms with Gasteiger partial charge in [0.15, 0.2) is 0 Å². The van der Waals surface area contributed by atoms with Crippen molar-refractivity contribution >= 4 is 16.5 Å². The van der Waals surface area contributed by atoms with Gasteiger partial charge in [-0.2, -0.15) is 0 Å². The first kappa shape index (κ1) is 12.2. The van der Waals surface area contributed by atoms with Crippen molar-refractivity contribution in [2.45, 2.75) is 25.5 Å². The lowest BCUT2D eigenvalue weighted by atomic mass is 9.79. The molecular formula is C17H20N2O. The second-order valence-electron chi connectivity index (χ2n) is 6.23. The van der Waals surface area contributed by atoms with Crippen LogP contribution in [0.15, 0.2) is 30.5 Å². The van der Waals surface area contributed by atoms with Crippen molar-refractivity contribution in [2.75, 3.05) is 13.6 Å². The molecule has 3 atom stereocenters. The van der Waals surface area contributed by atoms with Crippen LogP contribution in [0.1, 0.15) is 18.1 Å². The van der Waals surface area contributed by atoms with Gasteiger partial charge in [-0.05, 0) is 43.2 Å². The maximum absolute atomic E-state index is 9.96. The number of rotatable bonds is 1. The number of aromatic amines is 1. The molecule has 0 amide bonds. The maximum Gasteiger partial charge on any atom is 0.0587 e. The molecule has 3 heteroatoms. The number of H-pyrrole nitrogens is 1. The number of fused-ring (bicyclic) bond motifs is 2. The third-order valence-corrected chi connectivity index (χ3v) is 4.91. The van der Waals surface area contributed by atoms with E-state index in [0.29, 0.717) is 6.04 Å². The molecule has 2 N–H and O–H groups in total. The van der Waals surface area contributed by atoms with Crippen molar-refractivity contribution in [1.82, 2.24) is 9.88 Å². The predicted octanol–water partition coefficient (Wildman–Crippen LogP) is 2.42. The Hall–Kier alpha value is -1.58. The number of aliphatic hydroxyl groups excluding tert-OH is 1. The fourth-order valence-corrected chi connectivity index (χ4v) is 3.78. The van der Waals surface area contributed by atoms with E-state index in [0.717, 1.165) is 13.0 Å². The Bertz CT molecular complexity index is 698. The van der Waals surface area contributed by atoms with Gasteiger partial charge in [0.05, 0.1) is 6.10 Å². The number of benzene rings is 1. The zero-order chi connectivity index (χ0) is 13.9. The summed E-state index contributed by atoms with van der Waals surface area (Å²) in [5.41, 5.74) is 5.37. The van der Waals surface area contributed by atoms with E-state index in [1.807, 2.05) is 6.92 Å². The lowest BCUT2D eigenvalue weighted by molar-refractivity contribution is 0.112. The summed E-state index contributed by atoms with van der Waals surface area (Å²) in [7, 11) is 2.17. The van der Waals surface area contributed by atoms with Gasteiger partial charge < -0.3 is 10.1 Å². The minimum Gasteiger partial charge on any atom is -0.393 e. The number of nitrogens with zero attached hydrogens (tertiary/aromatic N) is 1. The Morgan fingerprint density at radius 1 is 1.40 bits per heavy atom. The van der Waals surface area contributed by atoms with Gasteiger partial charge in [0.2, 0.25) is 0 Å². The van der Waals surface area contributed by atoms with E-state index in [4.69, 9.17) is 0 Å². The van der Waals surface area contributed by atoms with Crippen LogP contribution in [-0.4, -0.2) is 40.7 Å². The third-order valence-electron chi connectivity index (χ3n) is 4.91. The first-order valence-electron chi connectivity index (χ1n) is 7.34. The zero-order valence-corrected chi connectivity index (χ0v) is 11.9. The standard InChI is InChI=1S/C17H20N2O/c1-10(20)12-6-14-13-4-3-5-15-17(13)11(8-18-15)7-16(14)19(2)9-12/h3-6,8,10,12,16,18,20H,7,9H2,1-2H3/t10?,12-,16-/m1/s1. The number of aliphatic hydroxyl groups is 1. The number of nitrogens with one attached hydrogen (secondary N) is 1. The summed E-state index contributed by atoms with van der Waals surface area (Å²) in [6.07, 6.45) is 5.23. The minimum absolute atomic E-state index is 0.224. The molecule has 0 spiro atoms. The van der Waals surface area contributed by atoms with Gasteiger partial charge in [0, 0.05) is 35.6 Å². The van der Waals surface area contributed by atoms with E-state index >= 15 is 0 Å². The van der Waals surface area contributed by atoms with Crippen LogP contribution in [0, 0.1) is 5.92 Å². The molecule has 4 rings (SSSR count). The van der Waals surface area contributed by atoms with Crippen molar-refractivity contribution < 1.29 is 5.11 Å². The molecule has 1 aromatic heterocycles. The summed E-state index contributed by atoms with van der Waals surface area (Å²) < 4.78 is 0. The molecule has 2 heterocycles. The highest BCUT2D eigenvalue weighted by molar-refractivity contribution is 5.98. The first-order valence-corrected chi connectivity index (χ1v) is 7.34. The smallest absolute Gasteiger partial charge is 0.0587 e. The predicted molar refractivity (Wildman–Crippen MR) is 81.6 cm³/mol. The molecule has 104 valence electrons. The van der Waals surface area contributed by atoms with Gasteiger partial charge in [-0.1, -0.05) is 18.2 Å². The Morgan fingerprint density at radius 3 is 3.05 bits per heavy atom. The van der Waals surface area contributed by atoms with Crippen LogP contribution >= 0.6 is 0 Å². The van der Waals surface area contributed by atoms with E-state index < -0.39 is 0 Å². The maximum atomic E-state index is 9.96. The Kier molecular flexibility index (Phi) is 2.56. The number of hydrogen-bond acceptors (Lipinski definition) is 2. The second kappa shape index (κ2) is 4.21. The SMILES string of the molecule is CC(O)[C@@H]1C=C2c3cccc4[nH]cc(c34)C[C@H]2N(C)C1. The summed E-state index contributed by atoms with van der Waals surface area (Å²) >= 11 is 0. The van der Waals surface area contributed by atoms with E-state index in [9.17, 15) is 5.11 Å². The highest BCUT2D eigenvalue weighted by atomic mass is 16.3. The van der Waals surface area contributed by atoms with E-state index in [2.05, 4.69) is 47.4 Å². The Morgan fingerprint density at radius 2 is 2.25 bits per heavy atom. The summed E-state index contributed by atoms with van der Waals surface area (Å²) in [4.78, 5) is 5.77. The zero-order valence-electron chi connectivity index (χ0n) is 11.9. The van der Waals surface area contributed by atoms with Crippen molar-refractivity contribution in [3.63, 3.8) is 0 Å². The molecule has 1 aromatic carbocycles. The van der Waals surface area contributed by atoms with Gasteiger partial charge in [0.1, 0.15) is 0 Å². The average molecular weight is 268 g/mol. The molecule has 0 saturated heterocycles.